The standard InChI is InChI=1S/C22H21NO5/c1-27-20-12-17-10-6-5-9-16(17)11-18(20)21(24)23-19(22(25)26)14-28-13-15-7-3-2-4-8-15/h2-12,19H,13-14H2,1H3,(H,23,24)(H,25,26)/t19-/m0/s1. The summed E-state index contributed by atoms with van der Waals surface area (Å²) < 4.78 is 10.8. The Bertz CT molecular complexity index is 971. The van der Waals surface area contributed by atoms with Crippen molar-refractivity contribution in [1.82, 2.24) is 5.32 Å². The number of ether oxygens (including phenoxy) is 2. The van der Waals surface area contributed by atoms with Crippen molar-refractivity contribution >= 4 is 22.6 Å². The minimum atomic E-state index is -1.17. The van der Waals surface area contributed by atoms with E-state index in [9.17, 15) is 14.7 Å². The number of rotatable bonds is 8. The van der Waals surface area contributed by atoms with Gasteiger partial charge in [0.2, 0.25) is 0 Å². The fourth-order valence-corrected chi connectivity index (χ4v) is 2.85. The van der Waals surface area contributed by atoms with E-state index in [1.54, 1.807) is 12.1 Å². The molecule has 0 saturated carbocycles. The lowest BCUT2D eigenvalue weighted by molar-refractivity contribution is -0.141. The summed E-state index contributed by atoms with van der Waals surface area (Å²) in [4.78, 5) is 24.3. The summed E-state index contributed by atoms with van der Waals surface area (Å²) in [5.74, 6) is -1.31. The minimum Gasteiger partial charge on any atom is -0.496 e. The summed E-state index contributed by atoms with van der Waals surface area (Å²) in [6, 6.07) is 19.2. The number of methoxy groups -OCH3 is 1. The average Bonchev–Trinajstić information content (AvgIpc) is 2.72. The lowest BCUT2D eigenvalue weighted by atomic mass is 10.0. The number of carboxylic acids is 1. The van der Waals surface area contributed by atoms with E-state index < -0.39 is 17.9 Å². The van der Waals surface area contributed by atoms with Gasteiger partial charge in [-0.25, -0.2) is 4.79 Å². The number of aliphatic carboxylic acids is 1. The third-order valence-electron chi connectivity index (χ3n) is 4.31. The van der Waals surface area contributed by atoms with Crippen LogP contribution in [0.25, 0.3) is 10.8 Å². The highest BCUT2D eigenvalue weighted by Crippen LogP contribution is 2.26. The highest BCUT2D eigenvalue weighted by atomic mass is 16.5. The molecule has 0 unspecified atom stereocenters. The van der Waals surface area contributed by atoms with Gasteiger partial charge in [-0.05, 0) is 28.5 Å². The van der Waals surface area contributed by atoms with Crippen molar-refractivity contribution in [1.29, 1.82) is 0 Å². The second-order valence-corrected chi connectivity index (χ2v) is 6.26. The Balaban J connectivity index is 1.71. The summed E-state index contributed by atoms with van der Waals surface area (Å²) in [7, 11) is 1.47. The molecule has 3 aromatic carbocycles. The molecular weight excluding hydrogens is 358 g/mol. The summed E-state index contributed by atoms with van der Waals surface area (Å²) >= 11 is 0. The topological polar surface area (TPSA) is 84.9 Å². The van der Waals surface area contributed by atoms with E-state index in [0.717, 1.165) is 16.3 Å². The molecule has 0 aliphatic rings. The van der Waals surface area contributed by atoms with E-state index >= 15 is 0 Å². The van der Waals surface area contributed by atoms with Gasteiger partial charge in [0, 0.05) is 0 Å². The molecule has 0 spiro atoms. The van der Waals surface area contributed by atoms with Crippen LogP contribution in [0.15, 0.2) is 66.7 Å². The molecular formula is C22H21NO5. The van der Waals surface area contributed by atoms with Gasteiger partial charge in [-0.1, -0.05) is 54.6 Å². The van der Waals surface area contributed by atoms with Crippen molar-refractivity contribution in [3.63, 3.8) is 0 Å². The first-order chi connectivity index (χ1) is 13.6. The lowest BCUT2D eigenvalue weighted by Crippen LogP contribution is -2.44. The number of carbonyl (C=O) groups is 2. The first-order valence-corrected chi connectivity index (χ1v) is 8.80. The molecule has 0 bridgehead atoms. The molecule has 0 saturated heterocycles. The van der Waals surface area contributed by atoms with E-state index in [2.05, 4.69) is 5.32 Å². The Morgan fingerprint density at radius 3 is 2.29 bits per heavy atom. The Morgan fingerprint density at radius 1 is 1.00 bits per heavy atom. The summed E-state index contributed by atoms with van der Waals surface area (Å²) in [6.07, 6.45) is 0. The third kappa shape index (κ3) is 4.66. The van der Waals surface area contributed by atoms with E-state index in [-0.39, 0.29) is 18.8 Å². The Labute approximate surface area is 162 Å². The van der Waals surface area contributed by atoms with Crippen LogP contribution in [0.4, 0.5) is 0 Å². The van der Waals surface area contributed by atoms with Crippen molar-refractivity contribution in [3.8, 4) is 5.75 Å². The average molecular weight is 379 g/mol. The van der Waals surface area contributed by atoms with E-state index in [4.69, 9.17) is 9.47 Å². The van der Waals surface area contributed by atoms with Crippen molar-refractivity contribution in [2.45, 2.75) is 12.6 Å². The van der Waals surface area contributed by atoms with Crippen molar-refractivity contribution in [2.24, 2.45) is 0 Å². The number of carboxylic acid groups (broad SMARTS) is 1. The van der Waals surface area contributed by atoms with Crippen LogP contribution < -0.4 is 10.1 Å². The van der Waals surface area contributed by atoms with Crippen LogP contribution in [0, 0.1) is 0 Å². The van der Waals surface area contributed by atoms with Gasteiger partial charge < -0.3 is 19.9 Å². The van der Waals surface area contributed by atoms with Gasteiger partial charge in [0.15, 0.2) is 6.04 Å². The largest absolute Gasteiger partial charge is 0.496 e. The van der Waals surface area contributed by atoms with Crippen LogP contribution in [-0.4, -0.2) is 36.7 Å². The molecule has 0 aromatic heterocycles. The molecule has 0 radical (unpaired) electrons. The molecule has 1 atom stereocenters. The van der Waals surface area contributed by atoms with Crippen molar-refractivity contribution < 1.29 is 24.2 Å². The predicted octanol–water partition coefficient (Wildman–Crippen LogP) is 3.25. The first kappa shape index (κ1) is 19.4. The van der Waals surface area contributed by atoms with Gasteiger partial charge in [-0.3, -0.25) is 4.79 Å². The smallest absolute Gasteiger partial charge is 0.328 e. The fraction of sp³-hybridized carbons (Fsp3) is 0.182. The summed E-state index contributed by atoms with van der Waals surface area (Å²) in [5.41, 5.74) is 1.20. The molecule has 1 amide bonds. The molecule has 0 heterocycles. The minimum absolute atomic E-state index is 0.147. The first-order valence-electron chi connectivity index (χ1n) is 8.80. The SMILES string of the molecule is COc1cc2ccccc2cc1C(=O)N[C@@H](COCc1ccccc1)C(=O)O. The van der Waals surface area contributed by atoms with Crippen molar-refractivity contribution in [2.75, 3.05) is 13.7 Å². The molecule has 3 aromatic rings. The van der Waals surface area contributed by atoms with Crippen LogP contribution in [0.3, 0.4) is 0 Å². The Morgan fingerprint density at radius 2 is 1.64 bits per heavy atom. The predicted molar refractivity (Wildman–Crippen MR) is 105 cm³/mol. The maximum Gasteiger partial charge on any atom is 0.328 e. The third-order valence-corrected chi connectivity index (χ3v) is 4.31. The number of hydrogen-bond donors (Lipinski definition) is 2. The molecule has 0 aliphatic carbocycles. The Hall–Kier alpha value is -3.38. The van der Waals surface area contributed by atoms with Gasteiger partial charge in [0.05, 0.1) is 25.9 Å². The molecule has 6 heteroatoms. The molecule has 144 valence electrons. The normalized spacial score (nSPS) is 11.8. The quantitative estimate of drug-likeness (QED) is 0.628. The highest BCUT2D eigenvalue weighted by molar-refractivity contribution is 6.02. The highest BCUT2D eigenvalue weighted by Gasteiger charge is 2.23. The number of nitrogens with one attached hydrogen (secondary N) is 1. The number of carbonyl (C=O) groups excluding carboxylic acids is 1. The summed E-state index contributed by atoms with van der Waals surface area (Å²) in [6.45, 7) is 0.117. The molecule has 3 rings (SSSR count). The fourth-order valence-electron chi connectivity index (χ4n) is 2.85. The molecule has 2 N–H and O–H groups in total. The Kier molecular flexibility index (Phi) is 6.24. The zero-order valence-corrected chi connectivity index (χ0v) is 15.4. The molecule has 28 heavy (non-hydrogen) atoms. The number of amides is 1. The second kappa shape index (κ2) is 9.01. The van der Waals surface area contributed by atoms with Crippen LogP contribution in [-0.2, 0) is 16.1 Å². The van der Waals surface area contributed by atoms with Gasteiger partial charge in [-0.2, -0.15) is 0 Å². The monoisotopic (exact) mass is 379 g/mol. The molecule has 0 fully saturated rings. The van der Waals surface area contributed by atoms with Crippen LogP contribution >= 0.6 is 0 Å². The van der Waals surface area contributed by atoms with Crippen molar-refractivity contribution in [3.05, 3.63) is 77.9 Å². The van der Waals surface area contributed by atoms with Gasteiger partial charge >= 0.3 is 5.97 Å². The molecule has 0 aliphatic heterocycles. The van der Waals surface area contributed by atoms with Gasteiger partial charge in [0.1, 0.15) is 5.75 Å². The lowest BCUT2D eigenvalue weighted by Gasteiger charge is -2.16. The maximum atomic E-state index is 12.7. The zero-order chi connectivity index (χ0) is 19.9. The second-order valence-electron chi connectivity index (χ2n) is 6.26. The zero-order valence-electron chi connectivity index (χ0n) is 15.4. The van der Waals surface area contributed by atoms with Crippen LogP contribution in [0.1, 0.15) is 15.9 Å². The number of hydrogen-bond acceptors (Lipinski definition) is 4. The van der Waals surface area contributed by atoms with E-state index in [0.29, 0.717) is 5.75 Å². The van der Waals surface area contributed by atoms with Crippen LogP contribution in [0.2, 0.25) is 0 Å². The van der Waals surface area contributed by atoms with Gasteiger partial charge in [-0.15, -0.1) is 0 Å². The summed E-state index contributed by atoms with van der Waals surface area (Å²) in [5, 5.41) is 13.7. The maximum absolute atomic E-state index is 12.7. The van der Waals surface area contributed by atoms with Gasteiger partial charge in [0.25, 0.3) is 5.91 Å². The van der Waals surface area contributed by atoms with E-state index in [1.807, 2.05) is 54.6 Å². The number of benzene rings is 3. The molecule has 6 nitrogen and oxygen atoms in total. The number of fused-ring (bicyclic) bond motifs is 1. The van der Waals surface area contributed by atoms with Crippen LogP contribution in [0.5, 0.6) is 5.75 Å². The van der Waals surface area contributed by atoms with E-state index in [1.165, 1.54) is 7.11 Å².